The molecule has 112 valence electrons. The number of nitrogens with one attached hydrogen (secondary N) is 1. The zero-order valence-electron chi connectivity index (χ0n) is 12.0. The van der Waals surface area contributed by atoms with E-state index in [2.05, 4.69) is 20.3 Å². The quantitative estimate of drug-likeness (QED) is 0.846. The van der Waals surface area contributed by atoms with Crippen LogP contribution in [0.25, 0.3) is 0 Å². The molecular formula is C14H17FN4OS. The lowest BCUT2D eigenvalue weighted by Crippen LogP contribution is -2.07. The standard InChI is InChI=1S/C14H17FN4OS/c1-3-9-20-13-17-12(16-4-2)18-14(19-13)21-11-8-6-5-7-10(11)15/h5-8H,3-4,9H2,1-2H3,(H,16,17,18,19). The second-order valence-electron chi connectivity index (χ2n) is 4.14. The van der Waals surface area contributed by atoms with Crippen molar-refractivity contribution in [3.8, 4) is 6.01 Å². The van der Waals surface area contributed by atoms with Gasteiger partial charge < -0.3 is 10.1 Å². The molecule has 0 fully saturated rings. The van der Waals surface area contributed by atoms with Gasteiger partial charge in [0.05, 0.1) is 11.5 Å². The van der Waals surface area contributed by atoms with Crippen LogP contribution in [0.3, 0.4) is 0 Å². The van der Waals surface area contributed by atoms with Crippen molar-refractivity contribution in [1.82, 2.24) is 15.0 Å². The molecular weight excluding hydrogens is 291 g/mol. The average Bonchev–Trinajstić information content (AvgIpc) is 2.48. The summed E-state index contributed by atoms with van der Waals surface area (Å²) >= 11 is 1.14. The highest BCUT2D eigenvalue weighted by molar-refractivity contribution is 7.99. The van der Waals surface area contributed by atoms with Gasteiger partial charge >= 0.3 is 6.01 Å². The maximum absolute atomic E-state index is 13.7. The third-order valence-electron chi connectivity index (χ3n) is 2.40. The van der Waals surface area contributed by atoms with Gasteiger partial charge in [-0.15, -0.1) is 0 Å². The zero-order chi connectivity index (χ0) is 15.1. The highest BCUT2D eigenvalue weighted by Crippen LogP contribution is 2.28. The molecule has 0 bridgehead atoms. The molecule has 0 aliphatic carbocycles. The van der Waals surface area contributed by atoms with Gasteiger partial charge in [0, 0.05) is 6.54 Å². The van der Waals surface area contributed by atoms with Crippen LogP contribution in [0.2, 0.25) is 0 Å². The summed E-state index contributed by atoms with van der Waals surface area (Å²) in [5.74, 6) is 0.126. The van der Waals surface area contributed by atoms with Crippen LogP contribution in [0.4, 0.5) is 10.3 Å². The van der Waals surface area contributed by atoms with Crippen LogP contribution in [0.1, 0.15) is 20.3 Å². The van der Waals surface area contributed by atoms with Gasteiger partial charge in [-0.1, -0.05) is 19.1 Å². The van der Waals surface area contributed by atoms with E-state index in [0.717, 1.165) is 18.2 Å². The summed E-state index contributed by atoms with van der Waals surface area (Å²) < 4.78 is 19.1. The fourth-order valence-corrected chi connectivity index (χ4v) is 2.27. The molecule has 2 aromatic rings. The minimum absolute atomic E-state index is 0.252. The predicted molar refractivity (Wildman–Crippen MR) is 80.3 cm³/mol. The maximum Gasteiger partial charge on any atom is 0.322 e. The number of benzene rings is 1. The monoisotopic (exact) mass is 308 g/mol. The molecule has 0 radical (unpaired) electrons. The number of nitrogens with zero attached hydrogens (tertiary/aromatic N) is 3. The molecule has 0 saturated carbocycles. The molecule has 0 spiro atoms. The second-order valence-corrected chi connectivity index (χ2v) is 5.14. The van der Waals surface area contributed by atoms with Crippen LogP contribution in [0.5, 0.6) is 6.01 Å². The summed E-state index contributed by atoms with van der Waals surface area (Å²) in [6.45, 7) is 5.15. The fraction of sp³-hybridized carbons (Fsp3) is 0.357. The van der Waals surface area contributed by atoms with Gasteiger partial charge in [0.15, 0.2) is 0 Å². The molecule has 1 heterocycles. The lowest BCUT2D eigenvalue weighted by atomic mass is 10.4. The van der Waals surface area contributed by atoms with Crippen LogP contribution < -0.4 is 10.1 Å². The van der Waals surface area contributed by atoms with E-state index in [9.17, 15) is 4.39 Å². The highest BCUT2D eigenvalue weighted by Gasteiger charge is 2.11. The Bertz CT molecular complexity index is 597. The summed E-state index contributed by atoms with van der Waals surface area (Å²) in [7, 11) is 0. The van der Waals surface area contributed by atoms with Crippen molar-refractivity contribution in [3.63, 3.8) is 0 Å². The molecule has 0 aliphatic heterocycles. The molecule has 0 saturated heterocycles. The Morgan fingerprint density at radius 2 is 2.00 bits per heavy atom. The summed E-state index contributed by atoms with van der Waals surface area (Å²) in [6.07, 6.45) is 0.859. The number of hydrogen-bond acceptors (Lipinski definition) is 6. The van der Waals surface area contributed by atoms with Crippen LogP contribution in [0, 0.1) is 5.82 Å². The molecule has 0 amide bonds. The first-order valence-corrected chi connectivity index (χ1v) is 7.59. The molecule has 0 atom stereocenters. The third kappa shape index (κ3) is 4.56. The van der Waals surface area contributed by atoms with Gasteiger partial charge in [0.2, 0.25) is 11.1 Å². The van der Waals surface area contributed by atoms with E-state index < -0.39 is 0 Å². The minimum Gasteiger partial charge on any atom is -0.463 e. The molecule has 7 heteroatoms. The van der Waals surface area contributed by atoms with Crippen molar-refractivity contribution < 1.29 is 9.13 Å². The lowest BCUT2D eigenvalue weighted by Gasteiger charge is -2.08. The first kappa shape index (κ1) is 15.5. The number of hydrogen-bond donors (Lipinski definition) is 1. The smallest absolute Gasteiger partial charge is 0.322 e. The summed E-state index contributed by atoms with van der Waals surface area (Å²) in [4.78, 5) is 13.1. The van der Waals surface area contributed by atoms with Crippen LogP contribution in [-0.4, -0.2) is 28.1 Å². The Labute approximate surface area is 127 Å². The molecule has 1 aromatic heterocycles. The number of rotatable bonds is 7. The van der Waals surface area contributed by atoms with Gasteiger partial charge in [-0.2, -0.15) is 15.0 Å². The van der Waals surface area contributed by atoms with Gasteiger partial charge in [0.25, 0.3) is 0 Å². The molecule has 2 rings (SSSR count). The molecule has 0 unspecified atom stereocenters. The van der Waals surface area contributed by atoms with Crippen LogP contribution >= 0.6 is 11.8 Å². The van der Waals surface area contributed by atoms with Crippen molar-refractivity contribution in [2.45, 2.75) is 30.3 Å². The molecule has 1 N–H and O–H groups in total. The van der Waals surface area contributed by atoms with Crippen molar-refractivity contribution >= 4 is 17.7 Å². The van der Waals surface area contributed by atoms with Crippen molar-refractivity contribution in [2.24, 2.45) is 0 Å². The van der Waals surface area contributed by atoms with E-state index >= 15 is 0 Å². The minimum atomic E-state index is -0.302. The van der Waals surface area contributed by atoms with E-state index in [1.54, 1.807) is 18.2 Å². The summed E-state index contributed by atoms with van der Waals surface area (Å²) in [5.41, 5.74) is 0. The molecule has 5 nitrogen and oxygen atoms in total. The largest absolute Gasteiger partial charge is 0.463 e. The number of anilines is 1. The maximum atomic E-state index is 13.7. The normalized spacial score (nSPS) is 10.4. The van der Waals surface area contributed by atoms with Gasteiger partial charge in [-0.25, -0.2) is 4.39 Å². The fourth-order valence-electron chi connectivity index (χ4n) is 1.50. The predicted octanol–water partition coefficient (Wildman–Crippen LogP) is 3.38. The number of aromatic nitrogens is 3. The summed E-state index contributed by atoms with van der Waals surface area (Å²) in [6, 6.07) is 6.76. The average molecular weight is 308 g/mol. The first-order valence-electron chi connectivity index (χ1n) is 6.78. The Morgan fingerprint density at radius 1 is 1.19 bits per heavy atom. The Morgan fingerprint density at radius 3 is 2.71 bits per heavy atom. The van der Waals surface area contributed by atoms with Gasteiger partial charge in [-0.3, -0.25) is 0 Å². The molecule has 21 heavy (non-hydrogen) atoms. The van der Waals surface area contributed by atoms with Crippen LogP contribution in [0.15, 0.2) is 34.3 Å². The van der Waals surface area contributed by atoms with E-state index in [4.69, 9.17) is 4.74 Å². The Balaban J connectivity index is 2.24. The Kier molecular flexibility index (Phi) is 5.74. The van der Waals surface area contributed by atoms with E-state index in [1.165, 1.54) is 6.07 Å². The first-order chi connectivity index (χ1) is 10.2. The third-order valence-corrected chi connectivity index (χ3v) is 3.32. The molecule has 1 aromatic carbocycles. The van der Waals surface area contributed by atoms with E-state index in [-0.39, 0.29) is 11.8 Å². The summed E-state index contributed by atoms with van der Waals surface area (Å²) in [5, 5.41) is 3.42. The highest BCUT2D eigenvalue weighted by atomic mass is 32.2. The van der Waals surface area contributed by atoms with E-state index in [1.807, 2.05) is 13.8 Å². The van der Waals surface area contributed by atoms with E-state index in [0.29, 0.717) is 29.2 Å². The molecule has 0 aliphatic rings. The van der Waals surface area contributed by atoms with Gasteiger partial charge in [0.1, 0.15) is 5.82 Å². The number of ether oxygens (including phenoxy) is 1. The lowest BCUT2D eigenvalue weighted by molar-refractivity contribution is 0.288. The second kappa shape index (κ2) is 7.78. The number of halogens is 1. The van der Waals surface area contributed by atoms with Crippen LogP contribution in [-0.2, 0) is 0 Å². The SMILES string of the molecule is CCCOc1nc(NCC)nc(Sc2ccccc2F)n1. The Hall–Kier alpha value is -1.89. The van der Waals surface area contributed by atoms with Gasteiger partial charge in [-0.05, 0) is 37.2 Å². The van der Waals surface area contributed by atoms with Crippen molar-refractivity contribution in [1.29, 1.82) is 0 Å². The topological polar surface area (TPSA) is 59.9 Å². The van der Waals surface area contributed by atoms with Crippen molar-refractivity contribution in [2.75, 3.05) is 18.5 Å². The van der Waals surface area contributed by atoms with Crippen molar-refractivity contribution in [3.05, 3.63) is 30.1 Å². The zero-order valence-corrected chi connectivity index (χ0v) is 12.8.